The minimum atomic E-state index is 0.428. The van der Waals surface area contributed by atoms with Crippen LogP contribution in [0.15, 0.2) is 27.6 Å². The van der Waals surface area contributed by atoms with E-state index in [1.54, 1.807) is 0 Å². The van der Waals surface area contributed by atoms with Gasteiger partial charge in [0.25, 0.3) is 0 Å². The second-order valence-corrected chi connectivity index (χ2v) is 6.22. The van der Waals surface area contributed by atoms with Crippen molar-refractivity contribution in [2.24, 2.45) is 0 Å². The topological polar surface area (TPSA) is 12.0 Å². The number of benzene rings is 1. The van der Waals surface area contributed by atoms with Crippen molar-refractivity contribution >= 4 is 27.7 Å². The standard InChI is InChI=1S/C14H22BrNS/c1-4-6-9-17-14-10-12(15)7-8-13(14)11(3)16-5-2/h7-8,10-11,16H,4-6,9H2,1-3H3. The number of unbranched alkanes of at least 4 members (excludes halogenated alkanes) is 1. The second-order valence-electron chi connectivity index (χ2n) is 4.16. The van der Waals surface area contributed by atoms with E-state index in [9.17, 15) is 0 Å². The van der Waals surface area contributed by atoms with E-state index in [-0.39, 0.29) is 0 Å². The smallest absolute Gasteiger partial charge is 0.0302 e. The fourth-order valence-corrected chi connectivity index (χ4v) is 3.52. The van der Waals surface area contributed by atoms with Crippen LogP contribution in [0.1, 0.15) is 45.2 Å². The van der Waals surface area contributed by atoms with Crippen LogP contribution in [-0.4, -0.2) is 12.3 Å². The number of nitrogens with one attached hydrogen (secondary N) is 1. The van der Waals surface area contributed by atoms with E-state index >= 15 is 0 Å². The van der Waals surface area contributed by atoms with Gasteiger partial charge in [0.2, 0.25) is 0 Å². The Morgan fingerprint density at radius 3 is 2.76 bits per heavy atom. The van der Waals surface area contributed by atoms with E-state index in [4.69, 9.17) is 0 Å². The first-order valence-electron chi connectivity index (χ1n) is 6.34. The Labute approximate surface area is 118 Å². The van der Waals surface area contributed by atoms with Crippen LogP contribution in [0.5, 0.6) is 0 Å². The molecule has 0 aromatic heterocycles. The molecule has 1 rings (SSSR count). The molecule has 0 saturated carbocycles. The number of hydrogen-bond acceptors (Lipinski definition) is 2. The molecule has 1 N–H and O–H groups in total. The molecule has 0 aliphatic heterocycles. The first-order chi connectivity index (χ1) is 8.19. The minimum Gasteiger partial charge on any atom is -0.310 e. The highest BCUT2D eigenvalue weighted by Gasteiger charge is 2.10. The summed E-state index contributed by atoms with van der Waals surface area (Å²) in [5.41, 5.74) is 1.41. The Balaban J connectivity index is 2.79. The molecule has 1 atom stereocenters. The predicted octanol–water partition coefficient (Wildman–Crippen LogP) is 5.01. The van der Waals surface area contributed by atoms with Crippen molar-refractivity contribution < 1.29 is 0 Å². The molecule has 1 nitrogen and oxygen atoms in total. The zero-order valence-corrected chi connectivity index (χ0v) is 13.3. The summed E-state index contributed by atoms with van der Waals surface area (Å²) in [5.74, 6) is 1.21. The Kier molecular flexibility index (Phi) is 7.24. The van der Waals surface area contributed by atoms with Gasteiger partial charge in [0.05, 0.1) is 0 Å². The predicted molar refractivity (Wildman–Crippen MR) is 81.9 cm³/mol. The van der Waals surface area contributed by atoms with Crippen LogP contribution in [0.3, 0.4) is 0 Å². The van der Waals surface area contributed by atoms with Crippen LogP contribution in [0, 0.1) is 0 Å². The lowest BCUT2D eigenvalue weighted by Crippen LogP contribution is -2.18. The number of thioether (sulfide) groups is 1. The SMILES string of the molecule is CCCCSc1cc(Br)ccc1C(C)NCC. The molecule has 0 aliphatic carbocycles. The van der Waals surface area contributed by atoms with Gasteiger partial charge in [-0.25, -0.2) is 0 Å². The van der Waals surface area contributed by atoms with Gasteiger partial charge in [-0.2, -0.15) is 0 Å². The van der Waals surface area contributed by atoms with Crippen LogP contribution in [0.2, 0.25) is 0 Å². The molecule has 0 fully saturated rings. The van der Waals surface area contributed by atoms with Gasteiger partial charge in [-0.05, 0) is 43.3 Å². The largest absolute Gasteiger partial charge is 0.310 e. The van der Waals surface area contributed by atoms with Gasteiger partial charge in [0.1, 0.15) is 0 Å². The van der Waals surface area contributed by atoms with E-state index < -0.39 is 0 Å². The van der Waals surface area contributed by atoms with Crippen molar-refractivity contribution in [3.05, 3.63) is 28.2 Å². The lowest BCUT2D eigenvalue weighted by Gasteiger charge is -2.17. The lowest BCUT2D eigenvalue weighted by atomic mass is 10.1. The van der Waals surface area contributed by atoms with E-state index in [1.165, 1.54) is 33.5 Å². The summed E-state index contributed by atoms with van der Waals surface area (Å²) in [7, 11) is 0. The molecule has 0 radical (unpaired) electrons. The third-order valence-electron chi connectivity index (χ3n) is 2.71. The first-order valence-corrected chi connectivity index (χ1v) is 8.12. The molecular formula is C14H22BrNS. The molecule has 96 valence electrons. The van der Waals surface area contributed by atoms with Gasteiger partial charge in [-0.1, -0.05) is 42.3 Å². The molecule has 0 aliphatic rings. The summed E-state index contributed by atoms with van der Waals surface area (Å²) in [6.45, 7) is 7.63. The molecule has 1 unspecified atom stereocenters. The fraction of sp³-hybridized carbons (Fsp3) is 0.571. The van der Waals surface area contributed by atoms with Gasteiger partial charge in [0, 0.05) is 15.4 Å². The molecule has 17 heavy (non-hydrogen) atoms. The monoisotopic (exact) mass is 315 g/mol. The highest BCUT2D eigenvalue weighted by atomic mass is 79.9. The first kappa shape index (κ1) is 15.1. The maximum atomic E-state index is 3.56. The normalized spacial score (nSPS) is 12.7. The minimum absolute atomic E-state index is 0.428. The van der Waals surface area contributed by atoms with Crippen molar-refractivity contribution in [2.75, 3.05) is 12.3 Å². The maximum absolute atomic E-state index is 3.56. The molecule has 0 saturated heterocycles. The zero-order valence-electron chi connectivity index (χ0n) is 10.9. The summed E-state index contributed by atoms with van der Waals surface area (Å²) in [5, 5.41) is 3.48. The Bertz CT molecular complexity index is 341. The van der Waals surface area contributed by atoms with Crippen molar-refractivity contribution in [2.45, 2.75) is 44.6 Å². The Hall–Kier alpha value is 0.01000. The average Bonchev–Trinajstić information content (AvgIpc) is 2.30. The quantitative estimate of drug-likeness (QED) is 0.560. The summed E-state index contributed by atoms with van der Waals surface area (Å²) in [6.07, 6.45) is 2.55. The van der Waals surface area contributed by atoms with Crippen molar-refractivity contribution in [3.8, 4) is 0 Å². The molecule has 0 amide bonds. The zero-order chi connectivity index (χ0) is 12.7. The van der Waals surface area contributed by atoms with Gasteiger partial charge in [-0.15, -0.1) is 11.8 Å². The number of hydrogen-bond donors (Lipinski definition) is 1. The third-order valence-corrected chi connectivity index (χ3v) is 4.36. The van der Waals surface area contributed by atoms with Crippen molar-refractivity contribution in [3.63, 3.8) is 0 Å². The van der Waals surface area contributed by atoms with E-state index in [0.29, 0.717) is 6.04 Å². The van der Waals surface area contributed by atoms with E-state index in [1.807, 2.05) is 11.8 Å². The van der Waals surface area contributed by atoms with Gasteiger partial charge in [-0.3, -0.25) is 0 Å². The summed E-state index contributed by atoms with van der Waals surface area (Å²) >= 11 is 5.53. The maximum Gasteiger partial charge on any atom is 0.0302 e. The van der Waals surface area contributed by atoms with E-state index in [0.717, 1.165) is 6.54 Å². The molecule has 1 aromatic carbocycles. The summed E-state index contributed by atoms with van der Waals surface area (Å²) < 4.78 is 1.17. The lowest BCUT2D eigenvalue weighted by molar-refractivity contribution is 0.589. The van der Waals surface area contributed by atoms with Crippen LogP contribution < -0.4 is 5.32 Å². The molecule has 0 heterocycles. The average molecular weight is 316 g/mol. The number of rotatable bonds is 7. The molecule has 0 bridgehead atoms. The van der Waals surface area contributed by atoms with Crippen LogP contribution in [0.4, 0.5) is 0 Å². The summed E-state index contributed by atoms with van der Waals surface area (Å²) in [4.78, 5) is 1.40. The van der Waals surface area contributed by atoms with Crippen molar-refractivity contribution in [1.82, 2.24) is 5.32 Å². The third kappa shape index (κ3) is 5.02. The second kappa shape index (κ2) is 8.17. The molecular weight excluding hydrogens is 294 g/mol. The van der Waals surface area contributed by atoms with Gasteiger partial charge < -0.3 is 5.32 Å². The van der Waals surface area contributed by atoms with Crippen LogP contribution in [0.25, 0.3) is 0 Å². The van der Waals surface area contributed by atoms with Gasteiger partial charge >= 0.3 is 0 Å². The van der Waals surface area contributed by atoms with Crippen molar-refractivity contribution in [1.29, 1.82) is 0 Å². The van der Waals surface area contributed by atoms with Crippen LogP contribution in [-0.2, 0) is 0 Å². The van der Waals surface area contributed by atoms with E-state index in [2.05, 4.69) is 60.2 Å². The Morgan fingerprint density at radius 1 is 1.35 bits per heavy atom. The molecule has 0 spiro atoms. The molecule has 1 aromatic rings. The molecule has 3 heteroatoms. The fourth-order valence-electron chi connectivity index (χ4n) is 1.73. The van der Waals surface area contributed by atoms with Crippen LogP contribution >= 0.6 is 27.7 Å². The van der Waals surface area contributed by atoms with Gasteiger partial charge in [0.15, 0.2) is 0 Å². The summed E-state index contributed by atoms with van der Waals surface area (Å²) in [6, 6.07) is 7.03. The Morgan fingerprint density at radius 2 is 2.12 bits per heavy atom. The highest BCUT2D eigenvalue weighted by Crippen LogP contribution is 2.31. The highest BCUT2D eigenvalue weighted by molar-refractivity contribution is 9.10. The number of halogens is 1.